The molecule has 0 aliphatic carbocycles. The number of aryl methyl sites for hydroxylation is 4. The zero-order chi connectivity index (χ0) is 48.9. The minimum absolute atomic E-state index is 0. The summed E-state index contributed by atoms with van der Waals surface area (Å²) < 4.78 is 87.1. The maximum absolute atomic E-state index is 14.6. The van der Waals surface area contributed by atoms with Gasteiger partial charge in [-0.15, -0.1) is 6.10 Å². The van der Waals surface area contributed by atoms with Crippen molar-refractivity contribution in [1.82, 2.24) is 48.0 Å². The largest absolute Gasteiger partial charge is 2.00 e. The van der Waals surface area contributed by atoms with E-state index >= 15 is 0 Å². The molecule has 24 heteroatoms. The summed E-state index contributed by atoms with van der Waals surface area (Å²) in [5, 5.41) is 14.6. The number of nitrogens with zero attached hydrogens (tertiary/aromatic N) is 10. The summed E-state index contributed by atoms with van der Waals surface area (Å²) in [6, 6.07) is 33.1. The molecule has 0 aliphatic rings. The van der Waals surface area contributed by atoms with Crippen LogP contribution in [0.5, 0.6) is 0 Å². The molecule has 69 heavy (non-hydrogen) atoms. The first kappa shape index (κ1) is 58.9. The molecule has 0 aliphatic heterocycles. The average molecular weight is 1070 g/mol. The van der Waals surface area contributed by atoms with Crippen LogP contribution < -0.4 is 5.11 Å². The van der Waals surface area contributed by atoms with Crippen LogP contribution in [0.25, 0.3) is 44.1 Å². The number of fused-ring (bicyclic) bond motifs is 4. The molecular weight excluding hydrogens is 1010 g/mol. The van der Waals surface area contributed by atoms with Crippen LogP contribution in [-0.2, 0) is 99.1 Å². The Labute approximate surface area is 423 Å². The molecule has 0 saturated heterocycles. The van der Waals surface area contributed by atoms with Crippen molar-refractivity contribution in [1.29, 1.82) is 0 Å². The van der Waals surface area contributed by atoms with Crippen molar-refractivity contribution in [2.75, 3.05) is 18.8 Å². The number of hydrogen-bond acceptors (Lipinski definition) is 8. The molecule has 11 nitrogen and oxygen atoms in total. The van der Waals surface area contributed by atoms with Crippen molar-refractivity contribution in [3.8, 4) is 0 Å². The molecule has 4 aromatic carbocycles. The molecule has 0 saturated carbocycles. The van der Waals surface area contributed by atoms with Crippen molar-refractivity contribution in [3.05, 3.63) is 120 Å². The van der Waals surface area contributed by atoms with E-state index in [1.807, 2.05) is 31.2 Å². The monoisotopic (exact) mass is 1070 g/mol. The van der Waals surface area contributed by atoms with Gasteiger partial charge in [-0.05, 0) is 89.3 Å². The fourth-order valence-corrected chi connectivity index (χ4v) is 8.20. The molecule has 0 spiro atoms. The van der Waals surface area contributed by atoms with Gasteiger partial charge in [0.25, 0.3) is 0 Å². The molecule has 4 heterocycles. The molecule has 0 unspecified atom stereocenters. The van der Waals surface area contributed by atoms with Crippen LogP contribution in [0.3, 0.4) is 0 Å². The van der Waals surface area contributed by atoms with E-state index in [1.54, 1.807) is 0 Å². The second kappa shape index (κ2) is 27.3. The normalized spacial score (nSPS) is 11.6. The molecule has 8 aromatic rings. The van der Waals surface area contributed by atoms with E-state index in [2.05, 4.69) is 141 Å². The van der Waals surface area contributed by atoms with Gasteiger partial charge in [-0.1, -0.05) is 55.5 Å². The van der Waals surface area contributed by atoms with Gasteiger partial charge in [0.1, 0.15) is 23.3 Å². The van der Waals surface area contributed by atoms with Crippen LogP contribution in [0.4, 0.5) is 34.5 Å². The van der Waals surface area contributed by atoms with Crippen LogP contribution in [0.1, 0.15) is 57.9 Å². The fourth-order valence-electron chi connectivity index (χ4n) is 8.20. The Bertz CT molecular complexity index is 2440. The van der Waals surface area contributed by atoms with Crippen molar-refractivity contribution >= 4 is 71.3 Å². The molecule has 374 valence electrons. The first-order chi connectivity index (χ1) is 31.9. The topological polar surface area (TPSA) is 101 Å². The van der Waals surface area contributed by atoms with Crippen molar-refractivity contribution in [2.45, 2.75) is 93.1 Å². The van der Waals surface area contributed by atoms with Crippen LogP contribution in [0.15, 0.2) is 97.1 Å². The van der Waals surface area contributed by atoms with Crippen molar-refractivity contribution in [3.63, 3.8) is 0 Å². The number of benzene rings is 4. The molecular formula is C45H54B2F8Fe2N10OS. The second-order valence-electron chi connectivity index (χ2n) is 15.3. The van der Waals surface area contributed by atoms with Gasteiger partial charge in [-0.2, -0.15) is 5.75 Å². The predicted octanol–water partition coefficient (Wildman–Crippen LogP) is 9.75. The molecule has 0 N–H and O–H groups in total. The van der Waals surface area contributed by atoms with Gasteiger partial charge >= 0.3 is 48.6 Å². The van der Waals surface area contributed by atoms with E-state index < -0.39 is 20.6 Å². The van der Waals surface area contributed by atoms with E-state index in [0.29, 0.717) is 39.3 Å². The molecule has 0 radical (unpaired) electrons. The third kappa shape index (κ3) is 16.9. The maximum atomic E-state index is 14.6. The molecule has 0 bridgehead atoms. The Balaban J connectivity index is 0.000000749. The Kier molecular flexibility index (Phi) is 23.3. The standard InChI is InChI=1S/C43H49N10O.C2H6S.2BF4.2Fe/c1-5-50-36-21-13-9-17-32(36)44-40(50)27-48(28-41-45-33-18-10-14-22-37(33)51(41)6-2)25-31(54)26-49(29-42-46-34-19-11-15-23-38(34)52(42)7-3)30-43-47-35-20-12-16-24-39(35)53(43)8-4;1-2-3;2*2-1(3,4)5;;/h9-24,31H,5-8,25-30H2,1-4H3;3H,2H2,1H3;;;;/q-1;;2*-1;2*+2/p-1. The molecule has 4 aromatic heterocycles. The summed E-state index contributed by atoms with van der Waals surface area (Å²) in [5.41, 5.74) is 8.32. The fraction of sp³-hybridized carbons (Fsp3) is 0.378. The Hall–Kier alpha value is -4.40. The number of imidazole rings is 4. The quantitative estimate of drug-likeness (QED) is 0.0536. The van der Waals surface area contributed by atoms with Gasteiger partial charge in [-0.3, -0.25) is 9.80 Å². The Morgan fingerprint density at radius 2 is 0.638 bits per heavy atom. The van der Waals surface area contributed by atoms with Crippen LogP contribution in [0.2, 0.25) is 0 Å². The average Bonchev–Trinajstić information content (AvgIpc) is 4.01. The van der Waals surface area contributed by atoms with Gasteiger partial charge in [0.05, 0.1) is 70.3 Å². The minimum Gasteiger partial charge on any atom is -0.850 e. The first-order valence-corrected chi connectivity index (χ1v) is 22.7. The van der Waals surface area contributed by atoms with Gasteiger partial charge in [-0.25, -0.2) is 19.9 Å². The van der Waals surface area contributed by atoms with Crippen LogP contribution >= 0.6 is 0 Å². The van der Waals surface area contributed by atoms with E-state index in [9.17, 15) is 39.6 Å². The number of hydrogen-bond donors (Lipinski definition) is 0. The summed E-state index contributed by atoms with van der Waals surface area (Å²) in [5.74, 6) is 4.65. The molecule has 8 rings (SSSR count). The molecule has 0 atom stereocenters. The van der Waals surface area contributed by atoms with Crippen LogP contribution in [0, 0.1) is 0 Å². The zero-order valence-corrected chi connectivity index (χ0v) is 41.8. The Morgan fingerprint density at radius 1 is 0.449 bits per heavy atom. The van der Waals surface area contributed by atoms with Gasteiger partial charge in [0.2, 0.25) is 0 Å². The van der Waals surface area contributed by atoms with E-state index in [4.69, 9.17) is 19.9 Å². The summed E-state index contributed by atoms with van der Waals surface area (Å²) in [4.78, 5) is 24.8. The molecule has 0 amide bonds. The van der Waals surface area contributed by atoms with Gasteiger partial charge in [0, 0.05) is 26.2 Å². The number of aromatic nitrogens is 8. The summed E-state index contributed by atoms with van der Waals surface area (Å²) in [6.45, 7) is 16.5. The summed E-state index contributed by atoms with van der Waals surface area (Å²) in [6.07, 6.45) is -0.928. The minimum atomic E-state index is -6.00. The van der Waals surface area contributed by atoms with Crippen molar-refractivity contribution < 1.29 is 73.8 Å². The van der Waals surface area contributed by atoms with Crippen molar-refractivity contribution in [2.24, 2.45) is 0 Å². The van der Waals surface area contributed by atoms with E-state index in [-0.39, 0.29) is 34.1 Å². The smallest absolute Gasteiger partial charge is 0.850 e. The number of rotatable bonds is 16. The Morgan fingerprint density at radius 3 is 0.826 bits per heavy atom. The van der Waals surface area contributed by atoms with Gasteiger partial charge < -0.3 is 70.5 Å². The zero-order valence-electron chi connectivity index (χ0n) is 38.8. The summed E-state index contributed by atoms with van der Waals surface area (Å²) >= 11 is 4.39. The number of halogens is 8. The van der Waals surface area contributed by atoms with E-state index in [1.165, 1.54) is 0 Å². The summed E-state index contributed by atoms with van der Waals surface area (Å²) in [7, 11) is -12.0. The van der Waals surface area contributed by atoms with Gasteiger partial charge in [0.15, 0.2) is 0 Å². The molecule has 0 fully saturated rings. The van der Waals surface area contributed by atoms with Crippen LogP contribution in [-0.4, -0.2) is 87.5 Å². The SMILES string of the molecule is CC[S-].CCn1c(CN(Cc2nc3ccccc3n2CC)CC([O-])CN(Cc2nc3ccccc3n2CC)Cc2nc3ccccc3n2CC)nc2ccccc21.F[B-](F)(F)F.F[B-](F)(F)F.[Fe+2].[Fe+2]. The maximum Gasteiger partial charge on any atom is 2.00 e. The third-order valence-electron chi connectivity index (χ3n) is 10.6. The first-order valence-electron chi connectivity index (χ1n) is 22.1. The van der Waals surface area contributed by atoms with E-state index in [0.717, 1.165) is 99.4 Å². The second-order valence-corrected chi connectivity index (χ2v) is 15.9. The predicted molar refractivity (Wildman–Crippen MR) is 252 cm³/mol. The number of para-hydroxylation sites is 8. The third-order valence-corrected chi connectivity index (χ3v) is 10.6.